The molecule has 6 rings (SSSR count). The molecule has 2 heterocycles. The second kappa shape index (κ2) is 11.0. The monoisotopic (exact) mass is 564 g/mol. The maximum atomic E-state index is 13.6. The summed E-state index contributed by atoms with van der Waals surface area (Å²) in [4.78, 5) is 26.1. The fourth-order valence-electron chi connectivity index (χ4n) is 5.89. The molecule has 1 N–H and O–H groups in total. The molecule has 0 bridgehead atoms. The largest absolute Gasteiger partial charge is 0.494 e. The summed E-state index contributed by atoms with van der Waals surface area (Å²) < 4.78 is 37.0. The third-order valence-corrected chi connectivity index (χ3v) is 9.09. The summed E-state index contributed by atoms with van der Waals surface area (Å²) >= 11 is 0. The van der Waals surface area contributed by atoms with Crippen molar-refractivity contribution in [2.45, 2.75) is 50.7 Å². The van der Waals surface area contributed by atoms with E-state index in [1.807, 2.05) is 19.1 Å². The number of piperidine rings is 1. The minimum Gasteiger partial charge on any atom is -0.494 e. The Morgan fingerprint density at radius 1 is 1.07 bits per heavy atom. The molecule has 0 radical (unpaired) electrons. The lowest BCUT2D eigenvalue weighted by Gasteiger charge is -2.37. The van der Waals surface area contributed by atoms with Gasteiger partial charge < -0.3 is 14.4 Å². The number of hydrogen-bond acceptors (Lipinski definition) is 5. The molecule has 9 heteroatoms. The average Bonchev–Trinajstić information content (AvgIpc) is 3.75. The van der Waals surface area contributed by atoms with Gasteiger partial charge in [0.05, 0.1) is 13.2 Å². The molecule has 1 atom stereocenters. The van der Waals surface area contributed by atoms with Crippen molar-refractivity contribution in [2.75, 3.05) is 31.1 Å². The Morgan fingerprint density at radius 2 is 1.77 bits per heavy atom. The standard InChI is InChI=1S/C31H34FN2O5P/c1-2-38-29-18-28(22-5-7-24(32)8-6-22)27(21-3-4-21)17-23(29)19-33-15-13-31(14-16-33)20-34(30(35)39-31)25-9-11-26(12-10-25)40(36)37/h5-12,17-18,21,40H,2-4,13-16,19-20H2,1H3,(H,36,37). The summed E-state index contributed by atoms with van der Waals surface area (Å²) in [5.74, 6) is 1.14. The SMILES string of the molecule is CCOc1cc(-c2ccc(F)cc2)c(C2CC2)cc1CN1CCC2(CC1)CN(c1ccc([PH](=O)O)cc1)C(=O)O2. The normalized spacial score (nSPS) is 19.6. The van der Waals surface area contributed by atoms with Gasteiger partial charge in [0.1, 0.15) is 17.2 Å². The molecule has 1 spiro atoms. The van der Waals surface area contributed by atoms with Crippen LogP contribution >= 0.6 is 8.03 Å². The molecular formula is C31H34FN2O5P. The van der Waals surface area contributed by atoms with Crippen molar-refractivity contribution in [3.63, 3.8) is 0 Å². The molecule has 1 amide bonds. The smallest absolute Gasteiger partial charge is 0.415 e. The summed E-state index contributed by atoms with van der Waals surface area (Å²) in [6.45, 7) is 5.33. The number of amides is 1. The molecule has 2 saturated heterocycles. The molecule has 1 saturated carbocycles. The fourth-order valence-corrected chi connectivity index (χ4v) is 6.35. The highest BCUT2D eigenvalue weighted by Gasteiger charge is 2.47. The van der Waals surface area contributed by atoms with E-state index < -0.39 is 13.6 Å². The number of carbonyl (C=O) groups excluding carboxylic acids is 1. The predicted octanol–water partition coefficient (Wildman–Crippen LogP) is 5.85. The van der Waals surface area contributed by atoms with E-state index in [2.05, 4.69) is 17.0 Å². The van der Waals surface area contributed by atoms with Gasteiger partial charge in [-0.3, -0.25) is 14.4 Å². The summed E-state index contributed by atoms with van der Waals surface area (Å²) in [7, 11) is -2.76. The second-order valence-electron chi connectivity index (χ2n) is 11.0. The Kier molecular flexibility index (Phi) is 7.43. The molecule has 3 aromatic rings. The van der Waals surface area contributed by atoms with Crippen LogP contribution in [0.15, 0.2) is 60.7 Å². The van der Waals surface area contributed by atoms with Gasteiger partial charge in [-0.05, 0) is 90.9 Å². The van der Waals surface area contributed by atoms with Crippen LogP contribution in [0, 0.1) is 5.82 Å². The third-order valence-electron chi connectivity index (χ3n) is 8.26. The van der Waals surface area contributed by atoms with Gasteiger partial charge in [-0.25, -0.2) is 9.18 Å². The fraction of sp³-hybridized carbons (Fsp3) is 0.387. The van der Waals surface area contributed by atoms with Crippen molar-refractivity contribution in [3.05, 3.63) is 77.6 Å². The van der Waals surface area contributed by atoms with Gasteiger partial charge in [-0.15, -0.1) is 0 Å². The van der Waals surface area contributed by atoms with E-state index in [-0.39, 0.29) is 11.9 Å². The van der Waals surface area contributed by atoms with Gasteiger partial charge >= 0.3 is 6.09 Å². The zero-order chi connectivity index (χ0) is 27.9. The van der Waals surface area contributed by atoms with E-state index in [0.29, 0.717) is 30.1 Å². The third kappa shape index (κ3) is 5.53. The van der Waals surface area contributed by atoms with Gasteiger partial charge in [0.15, 0.2) is 0 Å². The lowest BCUT2D eigenvalue weighted by Crippen LogP contribution is -2.46. The molecule has 0 aromatic heterocycles. The number of hydrogen-bond donors (Lipinski definition) is 1. The van der Waals surface area contributed by atoms with Crippen LogP contribution in [0.3, 0.4) is 0 Å². The zero-order valence-corrected chi connectivity index (χ0v) is 23.6. The van der Waals surface area contributed by atoms with Crippen LogP contribution in [0.25, 0.3) is 11.1 Å². The molecule has 1 aliphatic carbocycles. The molecule has 3 aromatic carbocycles. The van der Waals surface area contributed by atoms with Gasteiger partial charge in [0.2, 0.25) is 8.03 Å². The first-order valence-corrected chi connectivity index (χ1v) is 15.3. The maximum absolute atomic E-state index is 13.6. The first-order valence-electron chi connectivity index (χ1n) is 14.0. The Bertz CT molecular complexity index is 1420. The molecule has 40 heavy (non-hydrogen) atoms. The predicted molar refractivity (Wildman–Crippen MR) is 153 cm³/mol. The van der Waals surface area contributed by atoms with Crippen LogP contribution in [0.4, 0.5) is 14.9 Å². The minimum absolute atomic E-state index is 0.240. The minimum atomic E-state index is -2.76. The van der Waals surface area contributed by atoms with E-state index in [1.165, 1.54) is 17.7 Å². The number of halogens is 1. The van der Waals surface area contributed by atoms with Crippen molar-refractivity contribution in [1.29, 1.82) is 0 Å². The maximum Gasteiger partial charge on any atom is 0.415 e. The average molecular weight is 565 g/mol. The van der Waals surface area contributed by atoms with Gasteiger partial charge in [0.25, 0.3) is 0 Å². The van der Waals surface area contributed by atoms with Crippen LogP contribution in [-0.2, 0) is 15.8 Å². The molecule has 1 unspecified atom stereocenters. The Labute approximate surface area is 234 Å². The molecule has 3 aliphatic rings. The Balaban J connectivity index is 1.17. The molecule has 2 aliphatic heterocycles. The molecule has 210 valence electrons. The quantitative estimate of drug-likeness (QED) is 0.346. The second-order valence-corrected chi connectivity index (χ2v) is 12.2. The van der Waals surface area contributed by atoms with Crippen molar-refractivity contribution in [1.82, 2.24) is 4.90 Å². The lowest BCUT2D eigenvalue weighted by molar-refractivity contribution is -0.00111. The summed E-state index contributed by atoms with van der Waals surface area (Å²) in [6, 6.07) is 17.7. The highest BCUT2D eigenvalue weighted by Crippen LogP contribution is 2.47. The highest BCUT2D eigenvalue weighted by molar-refractivity contribution is 7.47. The number of anilines is 1. The number of nitrogens with zero attached hydrogens (tertiary/aromatic N) is 2. The van der Waals surface area contributed by atoms with Crippen molar-refractivity contribution in [3.8, 4) is 16.9 Å². The van der Waals surface area contributed by atoms with Gasteiger partial charge in [0, 0.05) is 49.0 Å². The Morgan fingerprint density at radius 3 is 2.40 bits per heavy atom. The first kappa shape index (κ1) is 27.0. The van der Waals surface area contributed by atoms with E-state index >= 15 is 0 Å². The van der Waals surface area contributed by atoms with Crippen molar-refractivity contribution < 1.29 is 28.1 Å². The number of carbonyl (C=O) groups is 1. The van der Waals surface area contributed by atoms with Crippen molar-refractivity contribution >= 4 is 25.1 Å². The van der Waals surface area contributed by atoms with Crippen LogP contribution in [-0.4, -0.2) is 47.7 Å². The number of rotatable bonds is 8. The number of likely N-dealkylation sites (tertiary alicyclic amines) is 1. The summed E-state index contributed by atoms with van der Waals surface area (Å²) in [5, 5.41) is 0.367. The summed E-state index contributed by atoms with van der Waals surface area (Å²) in [5.41, 5.74) is 4.71. The zero-order valence-electron chi connectivity index (χ0n) is 22.6. The molecule has 3 fully saturated rings. The van der Waals surface area contributed by atoms with Crippen LogP contribution in [0.2, 0.25) is 0 Å². The van der Waals surface area contributed by atoms with Gasteiger partial charge in [-0.1, -0.05) is 12.1 Å². The topological polar surface area (TPSA) is 79.3 Å². The van der Waals surface area contributed by atoms with E-state index in [9.17, 15) is 18.6 Å². The van der Waals surface area contributed by atoms with Crippen molar-refractivity contribution in [2.24, 2.45) is 0 Å². The number of ether oxygens (including phenoxy) is 2. The van der Waals surface area contributed by atoms with Crippen LogP contribution < -0.4 is 14.9 Å². The van der Waals surface area contributed by atoms with E-state index in [1.54, 1.807) is 29.2 Å². The lowest BCUT2D eigenvalue weighted by atomic mass is 9.90. The summed E-state index contributed by atoms with van der Waals surface area (Å²) in [6.07, 6.45) is 3.41. The van der Waals surface area contributed by atoms with Crippen LogP contribution in [0.5, 0.6) is 5.75 Å². The van der Waals surface area contributed by atoms with E-state index in [4.69, 9.17) is 9.47 Å². The highest BCUT2D eigenvalue weighted by atomic mass is 31.1. The first-order chi connectivity index (χ1) is 19.3. The number of benzene rings is 3. The Hall–Kier alpha value is -3.19. The van der Waals surface area contributed by atoms with E-state index in [0.717, 1.165) is 67.8 Å². The van der Waals surface area contributed by atoms with Gasteiger partial charge in [-0.2, -0.15) is 0 Å². The molecular weight excluding hydrogens is 530 g/mol. The molecule has 7 nitrogen and oxygen atoms in total. The van der Waals surface area contributed by atoms with Crippen LogP contribution in [0.1, 0.15) is 49.7 Å².